The standard InChI is InChI=1S/C24H34N4O3S2/c1-15-5-2-3-7-20(15)31-13-21-27-28-22(25)19(23(29)26-24(28)33-21)12-16-8-9-18(11-16)32-14-17-6-4-10-30-17/h12,15-18,20,25H,2-11,13-14H2,1H3/b19-12+,25-22?. The molecule has 5 unspecified atom stereocenters. The minimum absolute atomic E-state index is 0.147. The number of fused-ring (bicyclic) bond motifs is 1. The summed E-state index contributed by atoms with van der Waals surface area (Å²) in [6, 6.07) is 0. The van der Waals surface area contributed by atoms with E-state index in [9.17, 15) is 4.79 Å². The minimum Gasteiger partial charge on any atom is -0.377 e. The summed E-state index contributed by atoms with van der Waals surface area (Å²) >= 11 is 3.36. The maximum Gasteiger partial charge on any atom is 0.282 e. The first-order valence-electron chi connectivity index (χ1n) is 12.4. The van der Waals surface area contributed by atoms with E-state index < -0.39 is 0 Å². The van der Waals surface area contributed by atoms with Gasteiger partial charge in [0.05, 0.1) is 24.4 Å². The van der Waals surface area contributed by atoms with Crippen LogP contribution in [-0.4, -0.2) is 63.4 Å². The number of amidine groups is 2. The summed E-state index contributed by atoms with van der Waals surface area (Å²) in [5.74, 6) is 1.79. The first-order valence-corrected chi connectivity index (χ1v) is 14.3. The van der Waals surface area contributed by atoms with Crippen LogP contribution in [0.15, 0.2) is 21.7 Å². The van der Waals surface area contributed by atoms with Gasteiger partial charge in [-0.25, -0.2) is 0 Å². The molecule has 1 N–H and O–H groups in total. The van der Waals surface area contributed by atoms with Gasteiger partial charge in [-0.2, -0.15) is 26.9 Å². The molecule has 3 fully saturated rings. The molecule has 5 aliphatic rings. The Hall–Kier alpha value is -1.16. The highest BCUT2D eigenvalue weighted by atomic mass is 32.2. The van der Waals surface area contributed by atoms with Gasteiger partial charge in [0.2, 0.25) is 5.17 Å². The van der Waals surface area contributed by atoms with Crippen molar-refractivity contribution in [1.82, 2.24) is 5.01 Å². The fraction of sp³-hybridized carbons (Fsp3) is 0.750. The van der Waals surface area contributed by atoms with Crippen LogP contribution in [0.1, 0.15) is 64.7 Å². The van der Waals surface area contributed by atoms with Gasteiger partial charge < -0.3 is 9.47 Å². The van der Waals surface area contributed by atoms with Crippen molar-refractivity contribution in [3.05, 3.63) is 11.6 Å². The van der Waals surface area contributed by atoms with Crippen molar-refractivity contribution >= 4 is 45.5 Å². The van der Waals surface area contributed by atoms with Gasteiger partial charge in [-0.05, 0) is 68.5 Å². The van der Waals surface area contributed by atoms with Crippen LogP contribution in [0.2, 0.25) is 0 Å². The van der Waals surface area contributed by atoms with E-state index in [-0.39, 0.29) is 17.8 Å². The summed E-state index contributed by atoms with van der Waals surface area (Å²) in [6.07, 6.45) is 13.1. The third kappa shape index (κ3) is 5.57. The predicted molar refractivity (Wildman–Crippen MR) is 135 cm³/mol. The second-order valence-corrected chi connectivity index (χ2v) is 12.2. The number of hydrogen-bond acceptors (Lipinski definition) is 7. The number of thioether (sulfide) groups is 2. The zero-order valence-corrected chi connectivity index (χ0v) is 21.0. The third-order valence-corrected chi connectivity index (χ3v) is 9.66. The van der Waals surface area contributed by atoms with Gasteiger partial charge in [-0.3, -0.25) is 10.2 Å². The van der Waals surface area contributed by atoms with Crippen LogP contribution in [0, 0.1) is 17.2 Å². The molecule has 1 amide bonds. The maximum absolute atomic E-state index is 12.7. The molecule has 1 saturated heterocycles. The highest BCUT2D eigenvalue weighted by Gasteiger charge is 2.37. The van der Waals surface area contributed by atoms with Crippen LogP contribution in [-0.2, 0) is 14.3 Å². The molecule has 2 aliphatic carbocycles. The van der Waals surface area contributed by atoms with Crippen molar-refractivity contribution in [3.8, 4) is 0 Å². The van der Waals surface area contributed by atoms with Crippen molar-refractivity contribution in [2.75, 3.05) is 19.0 Å². The molecule has 33 heavy (non-hydrogen) atoms. The predicted octanol–water partition coefficient (Wildman–Crippen LogP) is 4.82. The molecule has 3 aliphatic heterocycles. The minimum atomic E-state index is -0.313. The first kappa shape index (κ1) is 23.6. The maximum atomic E-state index is 12.7. The molecule has 180 valence electrons. The number of aliphatic imine (C=N–C) groups is 1. The van der Waals surface area contributed by atoms with Crippen molar-refractivity contribution in [3.63, 3.8) is 0 Å². The number of allylic oxidation sites excluding steroid dienone is 1. The zero-order chi connectivity index (χ0) is 22.8. The van der Waals surface area contributed by atoms with Crippen molar-refractivity contribution < 1.29 is 14.3 Å². The van der Waals surface area contributed by atoms with E-state index in [1.807, 2.05) is 17.8 Å². The SMILES string of the molecule is CC1CCCCC1OCC1=NN2C(=N)/C(=C\C3CCC(SCC4CCCO4)C3)C(=O)N=C2S1. The molecule has 0 spiro atoms. The van der Waals surface area contributed by atoms with Gasteiger partial charge in [0.15, 0.2) is 5.84 Å². The van der Waals surface area contributed by atoms with E-state index in [4.69, 9.17) is 14.9 Å². The molecule has 0 aromatic heterocycles. The number of nitrogens with one attached hydrogen (secondary N) is 1. The Morgan fingerprint density at radius 1 is 1.24 bits per heavy atom. The third-order valence-electron chi connectivity index (χ3n) is 7.32. The summed E-state index contributed by atoms with van der Waals surface area (Å²) in [4.78, 5) is 17.0. The Bertz CT molecular complexity index is 868. The number of ether oxygens (including phenoxy) is 2. The number of hydrazone groups is 1. The molecular weight excluding hydrogens is 456 g/mol. The molecule has 2 saturated carbocycles. The second kappa shape index (κ2) is 10.6. The largest absolute Gasteiger partial charge is 0.377 e. The number of amides is 1. The highest BCUT2D eigenvalue weighted by molar-refractivity contribution is 8.27. The Morgan fingerprint density at radius 3 is 2.94 bits per heavy atom. The molecule has 3 heterocycles. The van der Waals surface area contributed by atoms with E-state index in [0.717, 1.165) is 43.1 Å². The monoisotopic (exact) mass is 490 g/mol. The van der Waals surface area contributed by atoms with Crippen LogP contribution < -0.4 is 0 Å². The molecule has 0 aromatic rings. The Morgan fingerprint density at radius 2 is 2.12 bits per heavy atom. The van der Waals surface area contributed by atoms with E-state index in [2.05, 4.69) is 17.0 Å². The van der Waals surface area contributed by atoms with Crippen LogP contribution in [0.25, 0.3) is 0 Å². The molecule has 5 rings (SSSR count). The lowest BCUT2D eigenvalue weighted by atomic mass is 9.88. The van der Waals surface area contributed by atoms with Gasteiger partial charge in [0.1, 0.15) is 5.04 Å². The summed E-state index contributed by atoms with van der Waals surface area (Å²) in [6.45, 7) is 3.57. The normalized spacial score (nSPS) is 35.8. The van der Waals surface area contributed by atoms with Crippen LogP contribution in [0.3, 0.4) is 0 Å². The topological polar surface area (TPSA) is 87.3 Å². The molecular formula is C24H34N4O3S2. The Labute approximate surface area is 204 Å². The van der Waals surface area contributed by atoms with Crippen molar-refractivity contribution in [2.45, 2.75) is 82.2 Å². The molecule has 0 bridgehead atoms. The number of rotatable bonds is 7. The molecule has 5 atom stereocenters. The number of hydrogen-bond donors (Lipinski definition) is 1. The van der Waals surface area contributed by atoms with E-state index in [1.165, 1.54) is 48.9 Å². The zero-order valence-electron chi connectivity index (χ0n) is 19.3. The average molecular weight is 491 g/mol. The summed E-state index contributed by atoms with van der Waals surface area (Å²) in [5, 5.41) is 16.6. The van der Waals surface area contributed by atoms with Gasteiger partial charge in [0.25, 0.3) is 5.91 Å². The smallest absolute Gasteiger partial charge is 0.282 e. The second-order valence-electron chi connectivity index (χ2n) is 9.81. The average Bonchev–Trinajstić information content (AvgIpc) is 3.56. The fourth-order valence-corrected chi connectivity index (χ4v) is 7.59. The van der Waals surface area contributed by atoms with E-state index >= 15 is 0 Å². The summed E-state index contributed by atoms with van der Waals surface area (Å²) in [5.41, 5.74) is 0.390. The molecule has 0 radical (unpaired) electrons. The molecule has 0 aromatic carbocycles. The molecule has 7 nitrogen and oxygen atoms in total. The van der Waals surface area contributed by atoms with Gasteiger partial charge in [-0.15, -0.1) is 0 Å². The van der Waals surface area contributed by atoms with Gasteiger partial charge in [0, 0.05) is 17.6 Å². The fourth-order valence-electron chi connectivity index (χ4n) is 5.35. The quantitative estimate of drug-likeness (QED) is 0.515. The summed E-state index contributed by atoms with van der Waals surface area (Å²) < 4.78 is 11.9. The van der Waals surface area contributed by atoms with Crippen LogP contribution in [0.5, 0.6) is 0 Å². The van der Waals surface area contributed by atoms with Crippen molar-refractivity contribution in [2.24, 2.45) is 21.9 Å². The Kier molecular flexibility index (Phi) is 7.59. The Balaban J connectivity index is 1.16. The van der Waals surface area contributed by atoms with E-state index in [0.29, 0.717) is 40.5 Å². The first-order chi connectivity index (χ1) is 16.1. The lowest BCUT2D eigenvalue weighted by Crippen LogP contribution is -2.36. The number of nitrogens with zero attached hydrogens (tertiary/aromatic N) is 3. The van der Waals surface area contributed by atoms with Gasteiger partial charge >= 0.3 is 0 Å². The van der Waals surface area contributed by atoms with Crippen molar-refractivity contribution in [1.29, 1.82) is 5.41 Å². The molecule has 9 heteroatoms. The van der Waals surface area contributed by atoms with Gasteiger partial charge in [-0.1, -0.05) is 25.8 Å². The van der Waals surface area contributed by atoms with Crippen LogP contribution >= 0.6 is 23.5 Å². The lowest BCUT2D eigenvalue weighted by Gasteiger charge is -2.28. The van der Waals surface area contributed by atoms with Crippen LogP contribution in [0.4, 0.5) is 0 Å². The number of carbonyl (C=O) groups is 1. The highest BCUT2D eigenvalue weighted by Crippen LogP contribution is 2.38. The summed E-state index contributed by atoms with van der Waals surface area (Å²) in [7, 11) is 0. The number of carbonyl (C=O) groups excluding carboxylic acids is 1. The van der Waals surface area contributed by atoms with E-state index in [1.54, 1.807) is 0 Å². The lowest BCUT2D eigenvalue weighted by molar-refractivity contribution is -0.114.